The summed E-state index contributed by atoms with van der Waals surface area (Å²) in [5.41, 5.74) is 8.91. The first kappa shape index (κ1) is 22.0. The van der Waals surface area contributed by atoms with E-state index >= 15 is 0 Å². The molecule has 1 amide bonds. The number of methoxy groups -OCH3 is 1. The van der Waals surface area contributed by atoms with E-state index in [4.69, 9.17) is 21.9 Å². The molecule has 166 valence electrons. The molecular weight excluding hydrogens is 398 g/mol. The summed E-state index contributed by atoms with van der Waals surface area (Å²) < 4.78 is 5.41. The Morgan fingerprint density at radius 2 is 1.94 bits per heavy atom. The zero-order valence-electron chi connectivity index (χ0n) is 19.1. The lowest BCUT2D eigenvalue weighted by atomic mass is 9.60. The van der Waals surface area contributed by atoms with Crippen LogP contribution < -0.4 is 15.8 Å². The third-order valence-corrected chi connectivity index (χ3v) is 7.28. The number of likely N-dealkylation sites (N-methyl/N-ethyl adjacent to an activating group) is 1. The quantitative estimate of drug-likeness (QED) is 0.437. The summed E-state index contributed by atoms with van der Waals surface area (Å²) in [5, 5.41) is 2.91. The largest absolute Gasteiger partial charge is 0.497 e. The molecule has 0 bridgehead atoms. The first-order chi connectivity index (χ1) is 15.4. The van der Waals surface area contributed by atoms with Crippen molar-refractivity contribution in [2.75, 3.05) is 14.2 Å². The van der Waals surface area contributed by atoms with E-state index in [9.17, 15) is 4.79 Å². The normalized spacial score (nSPS) is 26.9. The summed E-state index contributed by atoms with van der Waals surface area (Å²) in [6.07, 6.45) is 10.00. The van der Waals surface area contributed by atoms with Gasteiger partial charge in [0.2, 0.25) is 0 Å². The number of nitrogens with two attached hydrogens (primary N) is 1. The lowest BCUT2D eigenvalue weighted by Gasteiger charge is -2.46. The van der Waals surface area contributed by atoms with Crippen LogP contribution >= 0.6 is 0 Å². The number of rotatable bonds is 4. The molecule has 0 radical (unpaired) electrons. The Labute approximate surface area is 190 Å². The molecule has 5 heteroatoms. The van der Waals surface area contributed by atoms with Crippen molar-refractivity contribution >= 4 is 11.7 Å². The molecule has 1 spiro atoms. The van der Waals surface area contributed by atoms with Crippen LogP contribution in [0.2, 0.25) is 0 Å². The lowest BCUT2D eigenvalue weighted by Crippen LogP contribution is -2.54. The molecule has 32 heavy (non-hydrogen) atoms. The first-order valence-electron chi connectivity index (χ1n) is 11.2. The number of aliphatic imine (C=N–C) groups is 1. The highest BCUT2D eigenvalue weighted by atomic mass is 16.5. The van der Waals surface area contributed by atoms with Crippen molar-refractivity contribution in [3.8, 4) is 29.2 Å². The number of amidine groups is 1. The highest BCUT2D eigenvalue weighted by Gasteiger charge is 2.62. The van der Waals surface area contributed by atoms with Gasteiger partial charge in [0.15, 0.2) is 5.54 Å². The molecule has 2 aliphatic rings. The van der Waals surface area contributed by atoms with E-state index in [2.05, 4.69) is 29.4 Å². The van der Waals surface area contributed by atoms with Crippen LogP contribution in [0.25, 0.3) is 11.1 Å². The maximum atomic E-state index is 13.7. The smallest absolute Gasteiger partial charge is 0.252 e. The summed E-state index contributed by atoms with van der Waals surface area (Å²) >= 11 is 0. The minimum Gasteiger partial charge on any atom is -0.497 e. The predicted molar refractivity (Wildman–Crippen MR) is 128 cm³/mol. The van der Waals surface area contributed by atoms with Crippen molar-refractivity contribution in [3.05, 3.63) is 53.6 Å². The Hall–Kier alpha value is -3.26. The second-order valence-corrected chi connectivity index (χ2v) is 9.04. The highest BCUT2D eigenvalue weighted by Crippen LogP contribution is 2.61. The number of fused-ring (bicyclic) bond motifs is 1. The number of hydrogen-bond acceptors (Lipinski definition) is 3. The second kappa shape index (κ2) is 8.35. The second-order valence-electron chi connectivity index (χ2n) is 9.04. The van der Waals surface area contributed by atoms with Gasteiger partial charge < -0.3 is 15.8 Å². The van der Waals surface area contributed by atoms with Crippen LogP contribution in [0.1, 0.15) is 43.7 Å². The number of nitrogens with zero attached hydrogens (tertiary/aromatic N) is 1. The lowest BCUT2D eigenvalue weighted by molar-refractivity contribution is -0.132. The van der Waals surface area contributed by atoms with E-state index < -0.39 is 5.54 Å². The molecule has 0 heterocycles. The number of benzene rings is 2. The maximum Gasteiger partial charge on any atom is 0.252 e. The molecule has 0 aliphatic heterocycles. The standard InChI is InChI=1S/C27H31N3O2/c1-5-19-11-13-26(14-12-19)17-22-10-9-21(20-7-6-8-23(15-20)32-4)16-24(22)27(26,25(31)29-3)30-18(2)28/h1,6-10,15-16,19H,11-14,17H2,2-4H3,(H2,28,30)(H,29,31). The molecule has 0 aromatic heterocycles. The van der Waals surface area contributed by atoms with Gasteiger partial charge in [-0.05, 0) is 79.5 Å². The Balaban J connectivity index is 1.92. The summed E-state index contributed by atoms with van der Waals surface area (Å²) in [6.45, 7) is 1.76. The average molecular weight is 430 g/mol. The average Bonchev–Trinajstić information content (AvgIpc) is 3.07. The van der Waals surface area contributed by atoms with Crippen molar-refractivity contribution in [3.63, 3.8) is 0 Å². The zero-order valence-corrected chi connectivity index (χ0v) is 19.1. The van der Waals surface area contributed by atoms with Crippen LogP contribution in [0, 0.1) is 23.7 Å². The van der Waals surface area contributed by atoms with Crippen molar-refractivity contribution in [1.29, 1.82) is 0 Å². The SMILES string of the molecule is C#CC1CCC2(CC1)Cc1ccc(-c3cccc(OC)c3)cc1C2(N=C(C)N)C(=O)NC. The number of nitrogens with one attached hydrogen (secondary N) is 1. The molecule has 5 nitrogen and oxygen atoms in total. The monoisotopic (exact) mass is 429 g/mol. The minimum atomic E-state index is -1.07. The third-order valence-electron chi connectivity index (χ3n) is 7.28. The summed E-state index contributed by atoms with van der Waals surface area (Å²) in [7, 11) is 3.34. The number of carbonyl (C=O) groups is 1. The molecule has 3 N–H and O–H groups in total. The van der Waals surface area contributed by atoms with E-state index in [0.29, 0.717) is 5.84 Å². The molecule has 4 rings (SSSR count). The van der Waals surface area contributed by atoms with Gasteiger partial charge in [0.25, 0.3) is 5.91 Å². The van der Waals surface area contributed by atoms with Crippen LogP contribution in [0.3, 0.4) is 0 Å². The van der Waals surface area contributed by atoms with Gasteiger partial charge in [0, 0.05) is 18.4 Å². The van der Waals surface area contributed by atoms with Crippen LogP contribution in [-0.2, 0) is 16.8 Å². The van der Waals surface area contributed by atoms with E-state index in [1.165, 1.54) is 0 Å². The minimum absolute atomic E-state index is 0.108. The van der Waals surface area contributed by atoms with Crippen molar-refractivity contribution in [2.24, 2.45) is 22.1 Å². The predicted octanol–water partition coefficient (Wildman–Crippen LogP) is 4.05. The molecule has 2 aromatic carbocycles. The Morgan fingerprint density at radius 3 is 2.56 bits per heavy atom. The maximum absolute atomic E-state index is 13.7. The number of ether oxygens (including phenoxy) is 1. The van der Waals surface area contributed by atoms with E-state index in [-0.39, 0.29) is 17.2 Å². The number of carbonyl (C=O) groups excluding carboxylic acids is 1. The molecule has 1 saturated carbocycles. The fraction of sp³-hybridized carbons (Fsp3) is 0.407. The third kappa shape index (κ3) is 3.35. The fourth-order valence-corrected chi connectivity index (χ4v) is 5.74. The molecular formula is C27H31N3O2. The summed E-state index contributed by atoms with van der Waals surface area (Å²) in [6, 6.07) is 14.3. The Morgan fingerprint density at radius 1 is 1.22 bits per heavy atom. The molecule has 0 saturated heterocycles. The van der Waals surface area contributed by atoms with Gasteiger partial charge in [-0.2, -0.15) is 0 Å². The van der Waals surface area contributed by atoms with Crippen LogP contribution in [-0.4, -0.2) is 25.9 Å². The molecule has 1 unspecified atom stereocenters. The van der Waals surface area contributed by atoms with Gasteiger partial charge >= 0.3 is 0 Å². The molecule has 2 aromatic rings. The Bertz CT molecular complexity index is 1100. The van der Waals surface area contributed by atoms with Crippen LogP contribution in [0.4, 0.5) is 0 Å². The zero-order chi connectivity index (χ0) is 22.9. The molecule has 2 aliphatic carbocycles. The van der Waals surface area contributed by atoms with Crippen molar-refractivity contribution < 1.29 is 9.53 Å². The van der Waals surface area contributed by atoms with E-state index in [1.807, 2.05) is 24.3 Å². The van der Waals surface area contributed by atoms with Crippen LogP contribution in [0.5, 0.6) is 5.75 Å². The summed E-state index contributed by atoms with van der Waals surface area (Å²) in [4.78, 5) is 18.6. The van der Waals surface area contributed by atoms with E-state index in [0.717, 1.165) is 60.1 Å². The van der Waals surface area contributed by atoms with Crippen LogP contribution in [0.15, 0.2) is 47.5 Å². The highest BCUT2D eigenvalue weighted by molar-refractivity contribution is 5.94. The number of hydrogen-bond donors (Lipinski definition) is 2. The summed E-state index contributed by atoms with van der Waals surface area (Å²) in [5.74, 6) is 4.26. The van der Waals surface area contributed by atoms with Gasteiger partial charge in [-0.25, -0.2) is 0 Å². The van der Waals surface area contributed by atoms with Crippen molar-refractivity contribution in [1.82, 2.24) is 5.32 Å². The van der Waals surface area contributed by atoms with E-state index in [1.54, 1.807) is 21.1 Å². The molecule has 1 fully saturated rings. The number of amides is 1. The Kier molecular flexibility index (Phi) is 5.73. The van der Waals surface area contributed by atoms with Gasteiger partial charge in [0.1, 0.15) is 5.75 Å². The van der Waals surface area contributed by atoms with Gasteiger partial charge in [0.05, 0.1) is 12.9 Å². The van der Waals surface area contributed by atoms with Gasteiger partial charge in [-0.15, -0.1) is 12.3 Å². The van der Waals surface area contributed by atoms with Crippen molar-refractivity contribution in [2.45, 2.75) is 44.6 Å². The molecule has 1 atom stereocenters. The number of terminal acetylenes is 1. The van der Waals surface area contributed by atoms with Gasteiger partial charge in [-0.3, -0.25) is 9.79 Å². The topological polar surface area (TPSA) is 76.7 Å². The fourth-order valence-electron chi connectivity index (χ4n) is 5.74. The first-order valence-corrected chi connectivity index (χ1v) is 11.2. The van der Waals surface area contributed by atoms with Gasteiger partial charge in [-0.1, -0.05) is 24.3 Å².